The first kappa shape index (κ1) is 6.40. The summed E-state index contributed by atoms with van der Waals surface area (Å²) < 4.78 is 6.30. The molecule has 2 rings (SSSR count). The Labute approximate surface area is 69.3 Å². The maximum atomic E-state index is 5.35. The highest BCUT2D eigenvalue weighted by molar-refractivity contribution is 14.1. The van der Waals surface area contributed by atoms with Gasteiger partial charge in [0.25, 0.3) is 0 Å². The van der Waals surface area contributed by atoms with Crippen LogP contribution in [0.3, 0.4) is 0 Å². The van der Waals surface area contributed by atoms with Gasteiger partial charge in [-0.25, -0.2) is 0 Å². The molecule has 2 fully saturated rings. The van der Waals surface area contributed by atoms with E-state index in [0.717, 1.165) is 17.1 Å². The zero-order valence-corrected chi connectivity index (χ0v) is 7.56. The van der Waals surface area contributed by atoms with Crippen LogP contribution >= 0.6 is 22.6 Å². The van der Waals surface area contributed by atoms with E-state index in [1.54, 1.807) is 0 Å². The first-order chi connectivity index (χ1) is 4.31. The molecule has 2 heteroatoms. The lowest BCUT2D eigenvalue weighted by molar-refractivity contribution is 0.102. The van der Waals surface area contributed by atoms with Crippen LogP contribution in [0.1, 0.15) is 19.3 Å². The van der Waals surface area contributed by atoms with Gasteiger partial charge < -0.3 is 4.74 Å². The van der Waals surface area contributed by atoms with Gasteiger partial charge in [0.05, 0.1) is 6.61 Å². The number of hydrogen-bond donors (Lipinski definition) is 0. The summed E-state index contributed by atoms with van der Waals surface area (Å²) in [6.07, 6.45) is 4.15. The summed E-state index contributed by atoms with van der Waals surface area (Å²) in [5.41, 5.74) is 0.659. The number of ether oxygens (including phenoxy) is 1. The summed E-state index contributed by atoms with van der Waals surface area (Å²) in [5.74, 6) is 0. The molecule has 1 spiro atoms. The number of halogens is 1. The minimum atomic E-state index is 0.659. The molecule has 1 aliphatic heterocycles. The third-order valence-corrected chi connectivity index (χ3v) is 3.37. The van der Waals surface area contributed by atoms with Crippen LogP contribution in [0, 0.1) is 5.41 Å². The van der Waals surface area contributed by atoms with Gasteiger partial charge in [0.1, 0.15) is 0 Å². The molecule has 1 heterocycles. The molecule has 0 aromatic carbocycles. The van der Waals surface area contributed by atoms with Crippen molar-refractivity contribution in [3.63, 3.8) is 0 Å². The molecular weight excluding hydrogens is 227 g/mol. The van der Waals surface area contributed by atoms with Gasteiger partial charge in [-0.05, 0) is 24.7 Å². The molecule has 0 aromatic heterocycles. The Morgan fingerprint density at radius 1 is 1.44 bits per heavy atom. The second-order valence-corrected chi connectivity index (χ2v) is 5.07. The Bertz CT molecular complexity index is 110. The van der Waals surface area contributed by atoms with E-state index in [-0.39, 0.29) is 0 Å². The van der Waals surface area contributed by atoms with Crippen molar-refractivity contribution in [2.75, 3.05) is 13.2 Å². The van der Waals surface area contributed by atoms with E-state index in [0.29, 0.717) is 5.41 Å². The molecule has 0 radical (unpaired) electrons. The second kappa shape index (κ2) is 2.09. The molecule has 0 atom stereocenters. The smallest absolute Gasteiger partial charge is 0.0524 e. The molecular formula is C7H11IO. The zero-order chi connectivity index (χ0) is 6.32. The van der Waals surface area contributed by atoms with Crippen LogP contribution in [-0.2, 0) is 4.74 Å². The highest BCUT2D eigenvalue weighted by Gasteiger charge is 2.45. The Morgan fingerprint density at radius 2 is 2.22 bits per heavy atom. The highest BCUT2D eigenvalue weighted by Crippen LogP contribution is 2.50. The first-order valence-corrected chi connectivity index (χ1v) is 4.77. The van der Waals surface area contributed by atoms with Crippen LogP contribution in [0.15, 0.2) is 0 Å². The molecule has 2 aliphatic rings. The lowest BCUT2D eigenvalue weighted by Crippen LogP contribution is -2.37. The van der Waals surface area contributed by atoms with Gasteiger partial charge in [-0.3, -0.25) is 0 Å². The maximum absolute atomic E-state index is 5.35. The molecule has 1 saturated heterocycles. The van der Waals surface area contributed by atoms with E-state index < -0.39 is 0 Å². The molecule has 1 aliphatic carbocycles. The van der Waals surface area contributed by atoms with Crippen LogP contribution < -0.4 is 0 Å². The summed E-state index contributed by atoms with van der Waals surface area (Å²) in [6.45, 7) is 2.07. The van der Waals surface area contributed by atoms with Gasteiger partial charge in [0.15, 0.2) is 0 Å². The Morgan fingerprint density at radius 3 is 2.67 bits per heavy atom. The second-order valence-electron chi connectivity index (χ2n) is 3.31. The number of rotatable bonds is 0. The Hall–Kier alpha value is 0.690. The first-order valence-electron chi connectivity index (χ1n) is 3.53. The summed E-state index contributed by atoms with van der Waals surface area (Å²) in [5, 5.41) is 0. The minimum Gasteiger partial charge on any atom is -0.381 e. The molecule has 0 N–H and O–H groups in total. The zero-order valence-electron chi connectivity index (χ0n) is 5.40. The van der Waals surface area contributed by atoms with E-state index >= 15 is 0 Å². The van der Waals surface area contributed by atoms with Crippen molar-refractivity contribution in [3.8, 4) is 0 Å². The van der Waals surface area contributed by atoms with Crippen molar-refractivity contribution in [2.24, 2.45) is 5.41 Å². The van der Waals surface area contributed by atoms with E-state index in [4.69, 9.17) is 4.74 Å². The van der Waals surface area contributed by atoms with E-state index in [1.165, 1.54) is 19.3 Å². The summed E-state index contributed by atoms with van der Waals surface area (Å²) in [6, 6.07) is 0. The van der Waals surface area contributed by atoms with Crippen LogP contribution in [0.25, 0.3) is 0 Å². The van der Waals surface area contributed by atoms with Crippen molar-refractivity contribution < 1.29 is 4.74 Å². The van der Waals surface area contributed by atoms with Gasteiger partial charge in [0, 0.05) is 10.5 Å². The SMILES string of the molecule is IC1CC2(CCOC2)C1. The Balaban J connectivity index is 1.95. The molecule has 0 unspecified atom stereocenters. The quantitative estimate of drug-likeness (QED) is 0.463. The summed E-state index contributed by atoms with van der Waals surface area (Å²) >= 11 is 2.54. The van der Waals surface area contributed by atoms with Crippen molar-refractivity contribution in [1.82, 2.24) is 0 Å². The van der Waals surface area contributed by atoms with E-state index in [9.17, 15) is 0 Å². The summed E-state index contributed by atoms with van der Waals surface area (Å²) in [7, 11) is 0. The van der Waals surface area contributed by atoms with Crippen LogP contribution in [-0.4, -0.2) is 17.1 Å². The van der Waals surface area contributed by atoms with E-state index in [1.807, 2.05) is 0 Å². The van der Waals surface area contributed by atoms with Crippen LogP contribution in [0.5, 0.6) is 0 Å². The van der Waals surface area contributed by atoms with Gasteiger partial charge in [-0.1, -0.05) is 22.6 Å². The minimum absolute atomic E-state index is 0.659. The largest absolute Gasteiger partial charge is 0.381 e. The Kier molecular flexibility index (Phi) is 1.49. The third-order valence-electron chi connectivity index (χ3n) is 2.49. The van der Waals surface area contributed by atoms with Crippen molar-refractivity contribution in [3.05, 3.63) is 0 Å². The fourth-order valence-corrected chi connectivity index (χ4v) is 3.72. The molecule has 1 nitrogen and oxygen atoms in total. The highest BCUT2D eigenvalue weighted by atomic mass is 127. The average Bonchev–Trinajstić information content (AvgIpc) is 2.12. The lowest BCUT2D eigenvalue weighted by Gasteiger charge is -2.41. The van der Waals surface area contributed by atoms with Crippen LogP contribution in [0.4, 0.5) is 0 Å². The molecule has 0 amide bonds. The monoisotopic (exact) mass is 238 g/mol. The molecule has 0 bridgehead atoms. The molecule has 1 saturated carbocycles. The number of hydrogen-bond acceptors (Lipinski definition) is 1. The topological polar surface area (TPSA) is 9.23 Å². The summed E-state index contributed by atoms with van der Waals surface area (Å²) in [4.78, 5) is 0. The van der Waals surface area contributed by atoms with E-state index in [2.05, 4.69) is 22.6 Å². The molecule has 52 valence electrons. The van der Waals surface area contributed by atoms with Crippen LogP contribution in [0.2, 0.25) is 0 Å². The molecule has 0 aromatic rings. The third kappa shape index (κ3) is 1.00. The van der Waals surface area contributed by atoms with Crippen molar-refractivity contribution in [1.29, 1.82) is 0 Å². The number of alkyl halides is 1. The van der Waals surface area contributed by atoms with Gasteiger partial charge in [0.2, 0.25) is 0 Å². The molecule has 9 heavy (non-hydrogen) atoms. The fraction of sp³-hybridized carbons (Fsp3) is 1.00. The predicted octanol–water partition coefficient (Wildman–Crippen LogP) is 1.99. The van der Waals surface area contributed by atoms with Gasteiger partial charge in [-0.2, -0.15) is 0 Å². The standard InChI is InChI=1S/C7H11IO/c8-6-3-7(4-6)1-2-9-5-7/h6H,1-5H2. The fourth-order valence-electron chi connectivity index (χ4n) is 1.85. The van der Waals surface area contributed by atoms with Gasteiger partial charge >= 0.3 is 0 Å². The lowest BCUT2D eigenvalue weighted by atomic mass is 9.68. The normalized spacial score (nSPS) is 49.7. The van der Waals surface area contributed by atoms with Crippen molar-refractivity contribution in [2.45, 2.75) is 23.2 Å². The van der Waals surface area contributed by atoms with Crippen molar-refractivity contribution >= 4 is 22.6 Å². The predicted molar refractivity (Wildman–Crippen MR) is 44.9 cm³/mol. The average molecular weight is 238 g/mol. The maximum Gasteiger partial charge on any atom is 0.0524 e. The van der Waals surface area contributed by atoms with Gasteiger partial charge in [-0.15, -0.1) is 0 Å².